The maximum Gasteiger partial charge on any atom is 0.127 e. The third-order valence-electron chi connectivity index (χ3n) is 4.35. The normalized spacial score (nSPS) is 24.4. The fourth-order valence-corrected chi connectivity index (χ4v) is 3.51. The Hall–Kier alpha value is -1.06. The molecule has 3 atom stereocenters. The number of hydrogen-bond donors (Lipinski definition) is 0. The summed E-state index contributed by atoms with van der Waals surface area (Å²) >= 11 is 6.37. The molecule has 108 valence electrons. The summed E-state index contributed by atoms with van der Waals surface area (Å²) in [6, 6.07) is 6.72. The van der Waals surface area contributed by atoms with E-state index in [1.54, 1.807) is 7.11 Å². The summed E-state index contributed by atoms with van der Waals surface area (Å²) in [7, 11) is 1.80. The zero-order valence-corrected chi connectivity index (χ0v) is 13.0. The van der Waals surface area contributed by atoms with Crippen molar-refractivity contribution < 1.29 is 4.74 Å². The second-order valence-electron chi connectivity index (χ2n) is 5.72. The van der Waals surface area contributed by atoms with Crippen LogP contribution in [0.15, 0.2) is 18.2 Å². The highest BCUT2D eigenvalue weighted by Gasteiger charge is 2.30. The number of imidazole rings is 1. The Morgan fingerprint density at radius 1 is 1.40 bits per heavy atom. The monoisotopic (exact) mass is 292 g/mol. The van der Waals surface area contributed by atoms with Crippen molar-refractivity contribution in [2.24, 2.45) is 0 Å². The summed E-state index contributed by atoms with van der Waals surface area (Å²) in [5.41, 5.74) is 3.55. The molecule has 1 aromatic heterocycles. The lowest BCUT2D eigenvalue weighted by Crippen LogP contribution is -2.12. The third kappa shape index (κ3) is 2.23. The van der Waals surface area contributed by atoms with Gasteiger partial charge in [-0.1, -0.05) is 12.1 Å². The van der Waals surface area contributed by atoms with E-state index in [-0.39, 0.29) is 5.38 Å². The molecule has 1 aromatic carbocycles. The van der Waals surface area contributed by atoms with Gasteiger partial charge < -0.3 is 9.30 Å². The Kier molecular flexibility index (Phi) is 3.74. The van der Waals surface area contributed by atoms with E-state index in [0.717, 1.165) is 30.6 Å². The van der Waals surface area contributed by atoms with Crippen LogP contribution in [0.3, 0.4) is 0 Å². The van der Waals surface area contributed by atoms with E-state index < -0.39 is 0 Å². The SMILES string of the molecule is COC1CCC(n2c(C(C)Cl)nc3cccc(C)c32)C1. The molecule has 2 aromatic rings. The van der Waals surface area contributed by atoms with Gasteiger partial charge in [0, 0.05) is 13.2 Å². The summed E-state index contributed by atoms with van der Waals surface area (Å²) in [6.45, 7) is 4.14. The van der Waals surface area contributed by atoms with Crippen LogP contribution in [-0.4, -0.2) is 22.8 Å². The van der Waals surface area contributed by atoms with E-state index in [9.17, 15) is 0 Å². The molecule has 1 aliphatic carbocycles. The average Bonchev–Trinajstić information content (AvgIpc) is 3.02. The first-order valence-corrected chi connectivity index (χ1v) is 7.69. The van der Waals surface area contributed by atoms with Gasteiger partial charge in [-0.15, -0.1) is 11.6 Å². The van der Waals surface area contributed by atoms with Crippen molar-refractivity contribution in [3.8, 4) is 0 Å². The molecule has 0 spiro atoms. The molecule has 1 saturated carbocycles. The lowest BCUT2D eigenvalue weighted by Gasteiger charge is -2.19. The molecular weight excluding hydrogens is 272 g/mol. The number of fused-ring (bicyclic) bond motifs is 1. The van der Waals surface area contributed by atoms with Crippen LogP contribution in [0.1, 0.15) is 49.0 Å². The minimum Gasteiger partial charge on any atom is -0.381 e. The van der Waals surface area contributed by atoms with Crippen LogP contribution in [0, 0.1) is 6.92 Å². The minimum atomic E-state index is -0.0802. The van der Waals surface area contributed by atoms with Gasteiger partial charge in [0.1, 0.15) is 5.82 Å². The van der Waals surface area contributed by atoms with Crippen LogP contribution in [0.5, 0.6) is 0 Å². The van der Waals surface area contributed by atoms with Gasteiger partial charge >= 0.3 is 0 Å². The van der Waals surface area contributed by atoms with E-state index in [0.29, 0.717) is 12.1 Å². The van der Waals surface area contributed by atoms with Crippen molar-refractivity contribution >= 4 is 22.6 Å². The van der Waals surface area contributed by atoms with Gasteiger partial charge in [0.2, 0.25) is 0 Å². The third-order valence-corrected chi connectivity index (χ3v) is 4.55. The summed E-state index contributed by atoms with van der Waals surface area (Å²) in [5, 5.41) is -0.0802. The van der Waals surface area contributed by atoms with E-state index >= 15 is 0 Å². The first-order chi connectivity index (χ1) is 9.61. The van der Waals surface area contributed by atoms with Gasteiger partial charge in [0.25, 0.3) is 0 Å². The number of ether oxygens (including phenoxy) is 1. The molecule has 3 rings (SSSR count). The first kappa shape index (κ1) is 13.9. The quantitative estimate of drug-likeness (QED) is 0.785. The van der Waals surface area contributed by atoms with Gasteiger partial charge in [0.15, 0.2) is 0 Å². The number of aryl methyl sites for hydroxylation is 1. The van der Waals surface area contributed by atoms with Gasteiger partial charge in [-0.2, -0.15) is 0 Å². The molecule has 4 heteroatoms. The van der Waals surface area contributed by atoms with Crippen LogP contribution in [0.2, 0.25) is 0 Å². The van der Waals surface area contributed by atoms with Gasteiger partial charge in [-0.05, 0) is 44.7 Å². The largest absolute Gasteiger partial charge is 0.381 e. The topological polar surface area (TPSA) is 27.1 Å². The van der Waals surface area contributed by atoms with Crippen LogP contribution < -0.4 is 0 Å². The number of hydrogen-bond acceptors (Lipinski definition) is 2. The summed E-state index contributed by atoms with van der Waals surface area (Å²) in [5.74, 6) is 0.984. The maximum absolute atomic E-state index is 6.37. The summed E-state index contributed by atoms with van der Waals surface area (Å²) < 4.78 is 7.88. The second kappa shape index (κ2) is 5.38. The molecule has 0 bridgehead atoms. The van der Waals surface area contributed by atoms with E-state index in [1.807, 2.05) is 6.92 Å². The van der Waals surface area contributed by atoms with Crippen LogP contribution >= 0.6 is 11.6 Å². The molecule has 0 N–H and O–H groups in total. The van der Waals surface area contributed by atoms with Gasteiger partial charge in [0.05, 0.1) is 22.5 Å². The Morgan fingerprint density at radius 2 is 2.20 bits per heavy atom. The van der Waals surface area contributed by atoms with Crippen molar-refractivity contribution in [1.82, 2.24) is 9.55 Å². The van der Waals surface area contributed by atoms with Crippen molar-refractivity contribution in [3.05, 3.63) is 29.6 Å². The fourth-order valence-electron chi connectivity index (χ4n) is 3.36. The molecule has 20 heavy (non-hydrogen) atoms. The zero-order chi connectivity index (χ0) is 14.3. The predicted octanol–water partition coefficient (Wildman–Crippen LogP) is 4.38. The second-order valence-corrected chi connectivity index (χ2v) is 6.38. The Balaban J connectivity index is 2.14. The molecule has 3 nitrogen and oxygen atoms in total. The number of halogens is 1. The molecule has 0 amide bonds. The smallest absolute Gasteiger partial charge is 0.127 e. The first-order valence-electron chi connectivity index (χ1n) is 7.26. The number of para-hydroxylation sites is 1. The molecule has 1 heterocycles. The standard InChI is InChI=1S/C16H21ClN2O/c1-10-5-4-6-14-15(10)19(16(18-14)11(2)17)12-7-8-13(9-12)20-3/h4-6,11-13H,7-9H2,1-3H3. The summed E-state index contributed by atoms with van der Waals surface area (Å²) in [6.07, 6.45) is 3.66. The Morgan fingerprint density at radius 3 is 2.85 bits per heavy atom. The number of rotatable bonds is 3. The van der Waals surface area contributed by atoms with Crippen molar-refractivity contribution in [3.63, 3.8) is 0 Å². The molecular formula is C16H21ClN2O. The van der Waals surface area contributed by atoms with E-state index in [2.05, 4.69) is 29.7 Å². The molecule has 0 aliphatic heterocycles. The summed E-state index contributed by atoms with van der Waals surface area (Å²) in [4.78, 5) is 4.76. The maximum atomic E-state index is 6.37. The van der Waals surface area contributed by atoms with Crippen LogP contribution in [0.25, 0.3) is 11.0 Å². The number of nitrogens with zero attached hydrogens (tertiary/aromatic N) is 2. The van der Waals surface area contributed by atoms with Crippen LogP contribution in [-0.2, 0) is 4.74 Å². The van der Waals surface area contributed by atoms with E-state index in [4.69, 9.17) is 21.3 Å². The molecule has 3 unspecified atom stereocenters. The van der Waals surface area contributed by atoms with Gasteiger partial charge in [-0.25, -0.2) is 4.98 Å². The van der Waals surface area contributed by atoms with Gasteiger partial charge in [-0.3, -0.25) is 0 Å². The number of alkyl halides is 1. The lowest BCUT2D eigenvalue weighted by atomic mass is 10.1. The highest BCUT2D eigenvalue weighted by atomic mass is 35.5. The fraction of sp³-hybridized carbons (Fsp3) is 0.562. The zero-order valence-electron chi connectivity index (χ0n) is 12.3. The van der Waals surface area contributed by atoms with Crippen molar-refractivity contribution in [1.29, 1.82) is 0 Å². The molecule has 1 fully saturated rings. The molecule has 1 aliphatic rings. The van der Waals surface area contributed by atoms with Crippen molar-refractivity contribution in [2.75, 3.05) is 7.11 Å². The number of aromatic nitrogens is 2. The average molecular weight is 293 g/mol. The Bertz CT molecular complexity index is 620. The lowest BCUT2D eigenvalue weighted by molar-refractivity contribution is 0.106. The molecule has 0 radical (unpaired) electrons. The molecule has 0 saturated heterocycles. The predicted molar refractivity (Wildman–Crippen MR) is 82.4 cm³/mol. The highest BCUT2D eigenvalue weighted by molar-refractivity contribution is 6.20. The number of benzene rings is 1. The Labute approximate surface area is 124 Å². The highest BCUT2D eigenvalue weighted by Crippen LogP contribution is 2.38. The van der Waals surface area contributed by atoms with Crippen LogP contribution in [0.4, 0.5) is 0 Å². The van der Waals surface area contributed by atoms with Crippen molar-refractivity contribution in [2.45, 2.75) is 50.6 Å². The number of methoxy groups -OCH3 is 1. The van der Waals surface area contributed by atoms with E-state index in [1.165, 1.54) is 11.1 Å². The minimum absolute atomic E-state index is 0.0802.